The molecule has 7 rings (SSSR count). The van der Waals surface area contributed by atoms with Crippen LogP contribution in [-0.2, 0) is 44.1 Å². The fraction of sp³-hybridized carbons (Fsp3) is 0.460. The lowest BCUT2D eigenvalue weighted by molar-refractivity contribution is -0.143. The summed E-state index contributed by atoms with van der Waals surface area (Å²) in [6.07, 6.45) is -7.55. The van der Waals surface area contributed by atoms with Crippen LogP contribution in [0.25, 0.3) is 0 Å². The Morgan fingerprint density at radius 3 is 2.12 bits per heavy atom. The number of piperidine rings is 1. The van der Waals surface area contributed by atoms with Crippen LogP contribution in [0.15, 0.2) is 91.0 Å². The third-order valence-corrected chi connectivity index (χ3v) is 14.3. The molecule has 2 saturated heterocycles. The zero-order valence-corrected chi connectivity index (χ0v) is 39.1. The maximum Gasteiger partial charge on any atom is 0.416 e. The van der Waals surface area contributed by atoms with Gasteiger partial charge in [0.05, 0.1) is 40.4 Å². The van der Waals surface area contributed by atoms with Crippen molar-refractivity contribution in [3.05, 3.63) is 140 Å². The number of hydrogen-bond acceptors (Lipinski definition) is 6. The lowest BCUT2D eigenvalue weighted by atomic mass is 9.72. The second kappa shape index (κ2) is 20.5. The van der Waals surface area contributed by atoms with Gasteiger partial charge in [-0.15, -0.1) is 0 Å². The molecule has 0 aromatic heterocycles. The molecule has 0 N–H and O–H groups in total. The van der Waals surface area contributed by atoms with Crippen LogP contribution in [-0.4, -0.2) is 116 Å². The summed E-state index contributed by atoms with van der Waals surface area (Å²) < 4.78 is 95.7. The van der Waals surface area contributed by atoms with E-state index in [1.165, 1.54) is 16.0 Å². The van der Waals surface area contributed by atoms with E-state index >= 15 is 0 Å². The summed E-state index contributed by atoms with van der Waals surface area (Å²) in [5.74, 6) is -1.20. The van der Waals surface area contributed by atoms with Gasteiger partial charge in [0.25, 0.3) is 11.8 Å². The molecule has 9 nitrogen and oxygen atoms in total. The molecule has 2 heterocycles. The number of benzene rings is 4. The van der Waals surface area contributed by atoms with Crippen LogP contribution < -0.4 is 0 Å². The maximum absolute atomic E-state index is 13.9. The number of carbonyl (C=O) groups excluding carboxylic acids is 3. The third-order valence-electron chi connectivity index (χ3n) is 13.5. The van der Waals surface area contributed by atoms with E-state index in [1.54, 1.807) is 42.3 Å². The average molecular weight is 976 g/mol. The summed E-state index contributed by atoms with van der Waals surface area (Å²) >= 11 is 12.8. The van der Waals surface area contributed by atoms with Crippen molar-refractivity contribution in [1.82, 2.24) is 19.6 Å². The Balaban J connectivity index is 1.02. The van der Waals surface area contributed by atoms with Crippen LogP contribution >= 0.6 is 23.2 Å². The third kappa shape index (κ3) is 11.3. The van der Waals surface area contributed by atoms with Crippen LogP contribution in [0.1, 0.15) is 88.1 Å². The summed E-state index contributed by atoms with van der Waals surface area (Å²) in [6.45, 7) is 6.22. The van der Waals surface area contributed by atoms with Crippen molar-refractivity contribution in [1.29, 1.82) is 0 Å². The number of carbonyl (C=O) groups is 3. The Morgan fingerprint density at radius 1 is 0.821 bits per heavy atom. The van der Waals surface area contributed by atoms with E-state index in [-0.39, 0.29) is 71.8 Å². The number of fused-ring (bicyclic) bond motifs is 2. The second-order valence-electron chi connectivity index (χ2n) is 18.0. The highest BCUT2D eigenvalue weighted by Crippen LogP contribution is 2.48. The molecule has 0 radical (unpaired) electrons. The molecular weight excluding hydrogens is 921 g/mol. The molecule has 67 heavy (non-hydrogen) atoms. The number of rotatable bonds is 14. The van der Waals surface area contributed by atoms with Crippen LogP contribution in [0.4, 0.5) is 26.3 Å². The van der Waals surface area contributed by atoms with Crippen molar-refractivity contribution in [2.45, 2.75) is 81.5 Å². The molecule has 4 aromatic carbocycles. The van der Waals surface area contributed by atoms with Gasteiger partial charge in [-0.05, 0) is 118 Å². The number of ether oxygens (including phenoxy) is 2. The van der Waals surface area contributed by atoms with Gasteiger partial charge in [0.1, 0.15) is 12.2 Å². The largest absolute Gasteiger partial charge is 0.416 e. The number of nitrogens with zero attached hydrogens (tertiary/aromatic N) is 4. The van der Waals surface area contributed by atoms with Crippen molar-refractivity contribution < 1.29 is 50.2 Å². The summed E-state index contributed by atoms with van der Waals surface area (Å²) in [7, 11) is 1.74. The zero-order valence-electron chi connectivity index (χ0n) is 37.6. The van der Waals surface area contributed by atoms with Gasteiger partial charge in [0.15, 0.2) is 0 Å². The van der Waals surface area contributed by atoms with Crippen LogP contribution in [0, 0.1) is 0 Å². The average Bonchev–Trinajstić information content (AvgIpc) is 3.61. The number of morpholine rings is 1. The van der Waals surface area contributed by atoms with Crippen molar-refractivity contribution in [2.75, 3.05) is 66.1 Å². The maximum atomic E-state index is 13.9. The molecule has 1 aliphatic carbocycles. The monoisotopic (exact) mass is 974 g/mol. The molecule has 2 atom stereocenters. The van der Waals surface area contributed by atoms with E-state index in [0.717, 1.165) is 0 Å². The van der Waals surface area contributed by atoms with Crippen LogP contribution in [0.3, 0.4) is 0 Å². The molecule has 2 aliphatic heterocycles. The van der Waals surface area contributed by atoms with Gasteiger partial charge >= 0.3 is 12.4 Å². The van der Waals surface area contributed by atoms with E-state index < -0.39 is 40.6 Å². The number of amides is 3. The van der Waals surface area contributed by atoms with Crippen molar-refractivity contribution in [3.8, 4) is 0 Å². The normalized spacial score (nSPS) is 19.7. The van der Waals surface area contributed by atoms with Gasteiger partial charge in [-0.25, -0.2) is 0 Å². The predicted molar refractivity (Wildman–Crippen MR) is 243 cm³/mol. The molecule has 2 fully saturated rings. The topological polar surface area (TPSA) is 82.6 Å². The summed E-state index contributed by atoms with van der Waals surface area (Å²) in [6, 6.07) is 23.1. The Morgan fingerprint density at radius 2 is 1.48 bits per heavy atom. The van der Waals surface area contributed by atoms with Crippen molar-refractivity contribution >= 4 is 40.9 Å². The molecular formula is C50H54Cl2F6N4O5. The molecule has 3 amide bonds. The Labute approximate surface area is 396 Å². The van der Waals surface area contributed by atoms with Gasteiger partial charge in [-0.3, -0.25) is 14.4 Å². The van der Waals surface area contributed by atoms with E-state index in [1.807, 2.05) is 49.1 Å². The minimum absolute atomic E-state index is 0.00164. The van der Waals surface area contributed by atoms with Gasteiger partial charge in [0.2, 0.25) is 5.91 Å². The summed E-state index contributed by atoms with van der Waals surface area (Å²) in [4.78, 5) is 47.6. The zero-order chi connectivity index (χ0) is 48.3. The number of likely N-dealkylation sites (N-methyl/N-ethyl adjacent to an activating group) is 1. The summed E-state index contributed by atoms with van der Waals surface area (Å²) in [5, 5.41) is 0.475. The Bertz CT molecular complexity index is 2380. The first kappa shape index (κ1) is 50.2. The van der Waals surface area contributed by atoms with Crippen LogP contribution in [0.5, 0.6) is 0 Å². The Kier molecular flexibility index (Phi) is 15.4. The number of halogens is 8. The lowest BCUT2D eigenvalue weighted by Crippen LogP contribution is -2.54. The smallest absolute Gasteiger partial charge is 0.367 e. The van der Waals surface area contributed by atoms with E-state index in [2.05, 4.69) is 17.0 Å². The summed E-state index contributed by atoms with van der Waals surface area (Å²) in [5.41, 5.74) is -1.97. The highest BCUT2D eigenvalue weighted by Gasteiger charge is 2.50. The van der Waals surface area contributed by atoms with Gasteiger partial charge < -0.3 is 29.1 Å². The van der Waals surface area contributed by atoms with E-state index in [9.17, 15) is 40.7 Å². The predicted octanol–water partition coefficient (Wildman–Crippen LogP) is 10.2. The lowest BCUT2D eigenvalue weighted by Gasteiger charge is -2.46. The van der Waals surface area contributed by atoms with Gasteiger partial charge in [-0.1, -0.05) is 71.7 Å². The molecule has 4 aromatic rings. The highest BCUT2D eigenvalue weighted by molar-refractivity contribution is 6.42. The van der Waals surface area contributed by atoms with Crippen LogP contribution in [0.2, 0.25) is 10.0 Å². The van der Waals surface area contributed by atoms with Crippen molar-refractivity contribution in [2.24, 2.45) is 0 Å². The fourth-order valence-corrected chi connectivity index (χ4v) is 10.1. The molecule has 0 saturated carbocycles. The number of alkyl halides is 6. The highest BCUT2D eigenvalue weighted by atomic mass is 35.5. The molecule has 360 valence electrons. The molecule has 17 heteroatoms. The molecule has 0 bridgehead atoms. The standard InChI is InChI=1S/C50H54Cl2F6N4O5/c1-33(2)62(46(65)34-10-5-4-6-11-34)20-9-19-59(3)44(63)31-66-43-28-35-12-7-8-13-40(35)47(43)16-21-60(22-17-47)23-18-48(37-14-15-41(51)42(52)30-37)32-61(24-25-67-48)45(64)36-26-38(49(53,54)55)29-39(27-36)50(56,57)58/h4-8,10-15,26-27,29-30,33,43H,9,16-25,28,31-32H2,1-3H3/t43-,48-/m0/s1. The molecule has 0 unspecified atom stereocenters. The molecule has 3 aliphatic rings. The molecule has 1 spiro atoms. The van der Waals surface area contributed by atoms with Gasteiger partial charge in [0, 0.05) is 55.8 Å². The quantitative estimate of drug-likeness (QED) is 0.117. The first-order valence-electron chi connectivity index (χ1n) is 22.4. The van der Waals surface area contributed by atoms with Crippen molar-refractivity contribution in [3.63, 3.8) is 0 Å². The first-order chi connectivity index (χ1) is 31.7. The number of likely N-dealkylation sites (tertiary alicyclic amines) is 1. The minimum atomic E-state index is -5.12. The second-order valence-corrected chi connectivity index (χ2v) is 18.8. The SMILES string of the molecule is CC(C)N(CCCN(C)C(=O)CO[C@H]1Cc2ccccc2C12CCN(CC[C@@]1(c3ccc(Cl)c(Cl)c3)CN(C(=O)c3cc(C(F)(F)F)cc(C(F)(F)F)c3)CCO1)CC2)C(=O)c1ccccc1. The van der Waals surface area contributed by atoms with E-state index in [4.69, 9.17) is 32.7 Å². The van der Waals surface area contributed by atoms with Gasteiger partial charge in [-0.2, -0.15) is 26.3 Å². The Hall–Kier alpha value is -4.67. The fourth-order valence-electron chi connectivity index (χ4n) is 9.77. The number of hydrogen-bond donors (Lipinski definition) is 0. The minimum Gasteiger partial charge on any atom is -0.367 e. The first-order valence-corrected chi connectivity index (χ1v) is 23.2. The van der Waals surface area contributed by atoms with E-state index in [0.29, 0.717) is 88.1 Å².